The van der Waals surface area contributed by atoms with E-state index in [0.29, 0.717) is 6.20 Å². The van der Waals surface area contributed by atoms with Crippen LogP contribution in [0.5, 0.6) is 0 Å². The third-order valence-corrected chi connectivity index (χ3v) is 4.08. The smallest absolute Gasteiger partial charge is 0.390 e. The summed E-state index contributed by atoms with van der Waals surface area (Å²) in [5.74, 6) is -1.21. The van der Waals surface area contributed by atoms with Gasteiger partial charge >= 0.3 is 13.5 Å². The maximum Gasteiger partial charge on any atom is 0.470 e. The van der Waals surface area contributed by atoms with Gasteiger partial charge < -0.3 is 19.6 Å². The molecule has 130 valence electrons. The van der Waals surface area contributed by atoms with Crippen LogP contribution in [0.3, 0.4) is 0 Å². The summed E-state index contributed by atoms with van der Waals surface area (Å²) < 4.78 is 35.0. The second kappa shape index (κ2) is 5.93. The van der Waals surface area contributed by atoms with Gasteiger partial charge in [-0.05, 0) is 13.8 Å². The Morgan fingerprint density at radius 3 is 2.65 bits per heavy atom. The molecule has 0 aromatic carbocycles. The quantitative estimate of drug-likeness (QED) is 0.514. The minimum atomic E-state index is -4.85. The summed E-state index contributed by atoms with van der Waals surface area (Å²) in [5.41, 5.74) is -3.72. The van der Waals surface area contributed by atoms with Gasteiger partial charge in [0.15, 0.2) is 0 Å². The fourth-order valence-corrected chi connectivity index (χ4v) is 3.20. The molecule has 1 aliphatic rings. The number of phosphoric acid groups is 1. The molecule has 0 saturated carbocycles. The lowest BCUT2D eigenvalue weighted by atomic mass is 9.97. The van der Waals surface area contributed by atoms with Crippen LogP contribution in [0.2, 0.25) is 0 Å². The number of nitrogens with one attached hydrogen (secondary N) is 1. The lowest BCUT2D eigenvalue weighted by Gasteiger charge is -2.32. The lowest BCUT2D eigenvalue weighted by Crippen LogP contribution is -2.44. The van der Waals surface area contributed by atoms with E-state index in [2.05, 4.69) is 4.52 Å². The van der Waals surface area contributed by atoms with Crippen molar-refractivity contribution < 1.29 is 33.1 Å². The fraction of sp³-hybridized carbons (Fsp3) is 0.636. The van der Waals surface area contributed by atoms with Gasteiger partial charge in [0.1, 0.15) is 17.9 Å². The van der Waals surface area contributed by atoms with E-state index in [4.69, 9.17) is 14.5 Å². The van der Waals surface area contributed by atoms with E-state index in [1.807, 2.05) is 0 Å². The van der Waals surface area contributed by atoms with Crippen molar-refractivity contribution in [3.63, 3.8) is 0 Å². The van der Waals surface area contributed by atoms with Crippen LogP contribution in [0.25, 0.3) is 0 Å². The highest BCUT2D eigenvalue weighted by molar-refractivity contribution is 7.46. The maximum atomic E-state index is 13.3. The standard InChI is InChI=1S/C11H16FN2O8P/c1-11(2,22-23(18,19)20)8-6(15)3-7(21-8)14-4-5(12)9(16)13-10(14)17/h4,6-8,15H,3H2,1-2H3,(H,13,16,17)(H2,18,19,20)/t6?,7-,8+/m1/s1. The molecule has 1 unspecified atom stereocenters. The van der Waals surface area contributed by atoms with Crippen molar-refractivity contribution in [2.45, 2.75) is 44.3 Å². The van der Waals surface area contributed by atoms with Gasteiger partial charge in [-0.3, -0.25) is 18.9 Å². The molecule has 23 heavy (non-hydrogen) atoms. The fourth-order valence-electron chi connectivity index (χ4n) is 2.49. The number of halogens is 1. The predicted molar refractivity (Wildman–Crippen MR) is 73.0 cm³/mol. The number of ether oxygens (including phenoxy) is 1. The molecule has 0 bridgehead atoms. The Kier molecular flexibility index (Phi) is 4.64. The number of hydrogen-bond donors (Lipinski definition) is 4. The summed E-state index contributed by atoms with van der Waals surface area (Å²) in [5, 5.41) is 10.0. The molecule has 1 fully saturated rings. The highest BCUT2D eigenvalue weighted by atomic mass is 31.2. The van der Waals surface area contributed by atoms with Crippen molar-refractivity contribution in [1.82, 2.24) is 9.55 Å². The third-order valence-electron chi connectivity index (χ3n) is 3.37. The van der Waals surface area contributed by atoms with Crippen molar-refractivity contribution in [1.29, 1.82) is 0 Å². The zero-order valence-corrected chi connectivity index (χ0v) is 13.1. The van der Waals surface area contributed by atoms with Crippen molar-refractivity contribution in [3.05, 3.63) is 32.9 Å². The summed E-state index contributed by atoms with van der Waals surface area (Å²) in [7, 11) is -4.85. The van der Waals surface area contributed by atoms with Gasteiger partial charge in [-0.25, -0.2) is 9.36 Å². The van der Waals surface area contributed by atoms with Crippen LogP contribution in [0, 0.1) is 5.82 Å². The molecular formula is C11H16FN2O8P. The molecule has 0 aliphatic carbocycles. The molecular weight excluding hydrogens is 338 g/mol. The molecule has 10 nitrogen and oxygen atoms in total. The van der Waals surface area contributed by atoms with Crippen LogP contribution >= 0.6 is 7.82 Å². The van der Waals surface area contributed by atoms with E-state index >= 15 is 0 Å². The van der Waals surface area contributed by atoms with Crippen molar-refractivity contribution in [2.24, 2.45) is 0 Å². The number of hydrogen-bond acceptors (Lipinski definition) is 6. The van der Waals surface area contributed by atoms with E-state index in [1.54, 1.807) is 4.98 Å². The minimum absolute atomic E-state index is 0.163. The Balaban J connectivity index is 2.28. The molecule has 1 aliphatic heterocycles. The van der Waals surface area contributed by atoms with Crippen molar-refractivity contribution >= 4 is 7.82 Å². The van der Waals surface area contributed by atoms with Crippen LogP contribution in [0.15, 0.2) is 15.8 Å². The Morgan fingerprint density at radius 1 is 1.48 bits per heavy atom. The molecule has 3 atom stereocenters. The first-order valence-corrected chi connectivity index (χ1v) is 8.04. The molecule has 2 heterocycles. The van der Waals surface area contributed by atoms with E-state index in [9.17, 15) is 23.7 Å². The van der Waals surface area contributed by atoms with Crippen molar-refractivity contribution in [3.8, 4) is 0 Å². The van der Waals surface area contributed by atoms with Gasteiger partial charge in [-0.15, -0.1) is 0 Å². The second-order valence-corrected chi connectivity index (χ2v) is 6.81. The van der Waals surface area contributed by atoms with Crippen LogP contribution in [-0.2, 0) is 13.8 Å². The van der Waals surface area contributed by atoms with Gasteiger partial charge in [0.05, 0.1) is 12.3 Å². The van der Waals surface area contributed by atoms with Crippen LogP contribution in [0.1, 0.15) is 26.5 Å². The first-order chi connectivity index (χ1) is 10.4. The molecule has 2 rings (SSSR count). The van der Waals surface area contributed by atoms with Gasteiger partial charge in [-0.2, -0.15) is 4.39 Å². The Labute approximate surface area is 128 Å². The largest absolute Gasteiger partial charge is 0.470 e. The van der Waals surface area contributed by atoms with Gasteiger partial charge in [0.25, 0.3) is 5.56 Å². The zero-order valence-electron chi connectivity index (χ0n) is 12.2. The van der Waals surface area contributed by atoms with Crippen LogP contribution in [-0.4, -0.2) is 42.3 Å². The molecule has 1 aromatic rings. The van der Waals surface area contributed by atoms with E-state index in [0.717, 1.165) is 4.57 Å². The van der Waals surface area contributed by atoms with E-state index in [1.165, 1.54) is 13.8 Å². The highest BCUT2D eigenvalue weighted by Crippen LogP contribution is 2.46. The number of aromatic nitrogens is 2. The van der Waals surface area contributed by atoms with Crippen LogP contribution in [0.4, 0.5) is 4.39 Å². The summed E-state index contributed by atoms with van der Waals surface area (Å²) in [6, 6.07) is 0. The molecule has 1 aromatic heterocycles. The first kappa shape index (κ1) is 18.0. The topological polar surface area (TPSA) is 151 Å². The summed E-state index contributed by atoms with van der Waals surface area (Å²) in [4.78, 5) is 42.3. The lowest BCUT2D eigenvalue weighted by molar-refractivity contribution is -0.119. The van der Waals surface area contributed by atoms with Crippen LogP contribution < -0.4 is 11.2 Å². The molecule has 4 N–H and O–H groups in total. The van der Waals surface area contributed by atoms with E-state index < -0.39 is 48.9 Å². The van der Waals surface area contributed by atoms with Crippen molar-refractivity contribution in [2.75, 3.05) is 0 Å². The number of nitrogens with zero attached hydrogens (tertiary/aromatic N) is 1. The molecule has 12 heteroatoms. The Bertz CT molecular complexity index is 753. The molecule has 0 amide bonds. The summed E-state index contributed by atoms with van der Waals surface area (Å²) in [6.45, 7) is 2.58. The summed E-state index contributed by atoms with van der Waals surface area (Å²) >= 11 is 0. The maximum absolute atomic E-state index is 13.3. The Morgan fingerprint density at radius 2 is 2.09 bits per heavy atom. The number of rotatable bonds is 4. The van der Waals surface area contributed by atoms with Gasteiger partial charge in [0, 0.05) is 6.42 Å². The number of aromatic amines is 1. The second-order valence-electron chi connectivity index (χ2n) is 5.64. The zero-order chi connectivity index (χ0) is 17.6. The summed E-state index contributed by atoms with van der Waals surface area (Å²) in [6.07, 6.45) is -3.08. The Hall–Kier alpha value is -1.36. The molecule has 0 spiro atoms. The van der Waals surface area contributed by atoms with E-state index in [-0.39, 0.29) is 6.42 Å². The average molecular weight is 354 g/mol. The number of H-pyrrole nitrogens is 1. The number of phosphoric ester groups is 1. The monoisotopic (exact) mass is 354 g/mol. The molecule has 0 radical (unpaired) electrons. The highest BCUT2D eigenvalue weighted by Gasteiger charge is 2.48. The minimum Gasteiger partial charge on any atom is -0.390 e. The predicted octanol–water partition coefficient (Wildman–Crippen LogP) is -0.788. The van der Waals surface area contributed by atoms with Gasteiger partial charge in [0.2, 0.25) is 5.82 Å². The van der Waals surface area contributed by atoms with Gasteiger partial charge in [-0.1, -0.05) is 0 Å². The number of aliphatic hydroxyl groups excluding tert-OH is 1. The average Bonchev–Trinajstić information content (AvgIpc) is 2.73. The third kappa shape index (κ3) is 3.94. The SMILES string of the molecule is CC(C)(OP(=O)(O)O)[C@H]1O[C@@H](n2cc(F)c(=O)[nH]c2=O)CC1O. The molecule has 1 saturated heterocycles. The number of aliphatic hydroxyl groups is 1. The normalized spacial score (nSPS) is 25.7. The first-order valence-electron chi connectivity index (χ1n) is 6.51.